The van der Waals surface area contributed by atoms with Gasteiger partial charge in [-0.25, -0.2) is 14.6 Å². The van der Waals surface area contributed by atoms with Gasteiger partial charge in [0.1, 0.15) is 18.2 Å². The molecule has 5 aromatic rings. The summed E-state index contributed by atoms with van der Waals surface area (Å²) in [5.74, 6) is 1.42. The summed E-state index contributed by atoms with van der Waals surface area (Å²) in [5, 5.41) is 35.7. The van der Waals surface area contributed by atoms with Crippen molar-refractivity contribution in [3.8, 4) is 17.7 Å². The fourth-order valence-electron chi connectivity index (χ4n) is 3.71. The third kappa shape index (κ3) is 4.19. The molecule has 2 N–H and O–H groups in total. The fourth-order valence-corrected chi connectivity index (χ4v) is 4.05. The topological polar surface area (TPSA) is 130 Å². The SMILES string of the molecule is Cc1ccc(Nc2ccc3ncn(-c4cc(C(C)O)c(Cl)c(-n5nc(C#N)cc5C)n4)c3c2)nn1. The maximum absolute atomic E-state index is 10.4. The number of rotatable bonds is 5. The smallest absolute Gasteiger partial charge is 0.175 e. The van der Waals surface area contributed by atoms with Crippen LogP contribution in [0.5, 0.6) is 0 Å². The molecule has 0 saturated heterocycles. The van der Waals surface area contributed by atoms with Crippen LogP contribution in [0.3, 0.4) is 0 Å². The van der Waals surface area contributed by atoms with Crippen LogP contribution in [0.2, 0.25) is 5.02 Å². The van der Waals surface area contributed by atoms with Crippen molar-refractivity contribution >= 4 is 34.1 Å². The molecule has 0 aliphatic heterocycles. The largest absolute Gasteiger partial charge is 0.389 e. The van der Waals surface area contributed by atoms with Crippen LogP contribution in [0.1, 0.15) is 35.7 Å². The molecule has 35 heavy (non-hydrogen) atoms. The molecule has 11 heteroatoms. The minimum absolute atomic E-state index is 0.243. The summed E-state index contributed by atoms with van der Waals surface area (Å²) in [6, 6.07) is 14.8. The lowest BCUT2D eigenvalue weighted by atomic mass is 10.1. The van der Waals surface area contributed by atoms with Gasteiger partial charge in [0.05, 0.1) is 27.9 Å². The molecule has 4 heterocycles. The molecule has 0 bridgehead atoms. The Morgan fingerprint density at radius 1 is 1.11 bits per heavy atom. The molecule has 0 amide bonds. The highest BCUT2D eigenvalue weighted by atomic mass is 35.5. The number of hydrogen-bond donors (Lipinski definition) is 2. The van der Waals surface area contributed by atoms with Gasteiger partial charge >= 0.3 is 0 Å². The maximum atomic E-state index is 10.4. The molecule has 10 nitrogen and oxygen atoms in total. The third-order valence-corrected chi connectivity index (χ3v) is 5.86. The Labute approximate surface area is 205 Å². The Hall–Kier alpha value is -4.33. The van der Waals surface area contributed by atoms with E-state index in [1.807, 2.05) is 43.3 Å². The van der Waals surface area contributed by atoms with Crippen LogP contribution in [-0.2, 0) is 0 Å². The number of aromatic nitrogens is 7. The van der Waals surface area contributed by atoms with Gasteiger partial charge in [0.15, 0.2) is 17.3 Å². The molecule has 0 spiro atoms. The van der Waals surface area contributed by atoms with Crippen molar-refractivity contribution in [1.82, 2.24) is 34.5 Å². The van der Waals surface area contributed by atoms with E-state index in [4.69, 9.17) is 16.6 Å². The molecule has 1 unspecified atom stereocenters. The summed E-state index contributed by atoms with van der Waals surface area (Å²) >= 11 is 6.63. The molecule has 0 saturated carbocycles. The zero-order valence-electron chi connectivity index (χ0n) is 19.1. The monoisotopic (exact) mass is 485 g/mol. The van der Waals surface area contributed by atoms with Crippen molar-refractivity contribution in [2.24, 2.45) is 0 Å². The number of aryl methyl sites for hydroxylation is 2. The van der Waals surface area contributed by atoms with Crippen LogP contribution in [-0.4, -0.2) is 39.6 Å². The van der Waals surface area contributed by atoms with E-state index in [2.05, 4.69) is 25.6 Å². The highest BCUT2D eigenvalue weighted by Crippen LogP contribution is 2.32. The molecule has 4 aromatic heterocycles. The van der Waals surface area contributed by atoms with Crippen LogP contribution in [0.25, 0.3) is 22.7 Å². The molecule has 0 fully saturated rings. The van der Waals surface area contributed by atoms with E-state index in [-0.39, 0.29) is 10.7 Å². The van der Waals surface area contributed by atoms with Crippen LogP contribution in [0.15, 0.2) is 48.8 Å². The number of pyridine rings is 1. The van der Waals surface area contributed by atoms with Gasteiger partial charge in [-0.15, -0.1) is 5.10 Å². The molecular formula is C24H20ClN9O. The lowest BCUT2D eigenvalue weighted by Gasteiger charge is -2.15. The summed E-state index contributed by atoms with van der Waals surface area (Å²) in [5.41, 5.74) is 4.57. The van der Waals surface area contributed by atoms with Gasteiger partial charge in [-0.3, -0.25) is 4.57 Å². The first-order valence-corrected chi connectivity index (χ1v) is 11.1. The van der Waals surface area contributed by atoms with E-state index in [0.29, 0.717) is 28.7 Å². The number of nitriles is 1. The maximum Gasteiger partial charge on any atom is 0.175 e. The minimum atomic E-state index is -0.860. The van der Waals surface area contributed by atoms with Crippen LogP contribution >= 0.6 is 11.6 Å². The number of benzene rings is 1. The predicted octanol–water partition coefficient (Wildman–Crippen LogP) is 4.34. The van der Waals surface area contributed by atoms with Crippen molar-refractivity contribution < 1.29 is 5.11 Å². The normalized spacial score (nSPS) is 12.0. The first kappa shape index (κ1) is 22.5. The van der Waals surface area contributed by atoms with Crippen LogP contribution < -0.4 is 5.32 Å². The Kier molecular flexibility index (Phi) is 5.64. The standard InChI is InChI=1S/C24H20ClN9O/c1-13-4-7-21(31-30-13)28-16-5-6-19-20(9-16)33(12-27-19)22-10-18(15(3)35)23(25)24(29-22)34-14(2)8-17(11-26)32-34/h4-10,12,15,35H,1-3H3,(H,28,31). The van der Waals surface area contributed by atoms with Gasteiger partial charge < -0.3 is 10.4 Å². The predicted molar refractivity (Wildman–Crippen MR) is 131 cm³/mol. The lowest BCUT2D eigenvalue weighted by molar-refractivity contribution is 0.199. The molecule has 0 radical (unpaired) electrons. The molecule has 0 aliphatic rings. The second kappa shape index (κ2) is 8.79. The molecule has 1 atom stereocenters. The number of aliphatic hydroxyl groups excluding tert-OH is 1. The minimum Gasteiger partial charge on any atom is -0.389 e. The summed E-state index contributed by atoms with van der Waals surface area (Å²) in [6.07, 6.45) is 0.796. The van der Waals surface area contributed by atoms with Gasteiger partial charge in [0, 0.05) is 16.9 Å². The zero-order valence-corrected chi connectivity index (χ0v) is 19.9. The highest BCUT2D eigenvalue weighted by molar-refractivity contribution is 6.33. The Morgan fingerprint density at radius 3 is 2.63 bits per heavy atom. The number of imidazole rings is 1. The molecule has 1 aromatic carbocycles. The van der Waals surface area contributed by atoms with Crippen molar-refractivity contribution in [2.75, 3.05) is 5.32 Å². The number of nitrogens with one attached hydrogen (secondary N) is 1. The first-order chi connectivity index (χ1) is 16.8. The quantitative estimate of drug-likeness (QED) is 0.376. The second-order valence-electron chi connectivity index (χ2n) is 8.08. The van der Waals surface area contributed by atoms with Crippen LogP contribution in [0.4, 0.5) is 11.5 Å². The number of anilines is 2. The van der Waals surface area contributed by atoms with Gasteiger partial charge in [-0.1, -0.05) is 11.6 Å². The van der Waals surface area contributed by atoms with E-state index in [0.717, 1.165) is 22.4 Å². The van der Waals surface area contributed by atoms with E-state index in [1.165, 1.54) is 4.68 Å². The van der Waals surface area contributed by atoms with E-state index in [9.17, 15) is 10.4 Å². The van der Waals surface area contributed by atoms with Crippen molar-refractivity contribution in [3.05, 3.63) is 76.5 Å². The Balaban J connectivity index is 1.64. The zero-order chi connectivity index (χ0) is 24.7. The van der Waals surface area contributed by atoms with Gasteiger partial charge in [-0.05, 0) is 63.2 Å². The number of nitrogens with zero attached hydrogens (tertiary/aromatic N) is 8. The van der Waals surface area contributed by atoms with Crippen LogP contribution in [0, 0.1) is 25.2 Å². The Bertz CT molecular complexity index is 1600. The molecule has 0 aliphatic carbocycles. The average molecular weight is 486 g/mol. The summed E-state index contributed by atoms with van der Waals surface area (Å²) in [6.45, 7) is 5.31. The van der Waals surface area contributed by atoms with E-state index >= 15 is 0 Å². The number of fused-ring (bicyclic) bond motifs is 1. The van der Waals surface area contributed by atoms with E-state index < -0.39 is 6.10 Å². The summed E-state index contributed by atoms with van der Waals surface area (Å²) in [4.78, 5) is 9.23. The van der Waals surface area contributed by atoms with Gasteiger partial charge in [0.25, 0.3) is 0 Å². The average Bonchev–Trinajstić information content (AvgIpc) is 3.43. The summed E-state index contributed by atoms with van der Waals surface area (Å²) < 4.78 is 3.30. The first-order valence-electron chi connectivity index (χ1n) is 10.7. The summed E-state index contributed by atoms with van der Waals surface area (Å²) in [7, 11) is 0. The van der Waals surface area contributed by atoms with Crippen molar-refractivity contribution in [3.63, 3.8) is 0 Å². The number of hydrogen-bond acceptors (Lipinski definition) is 8. The highest BCUT2D eigenvalue weighted by Gasteiger charge is 2.20. The van der Waals surface area contributed by atoms with Crippen molar-refractivity contribution in [2.45, 2.75) is 26.9 Å². The number of halogens is 1. The van der Waals surface area contributed by atoms with Gasteiger partial charge in [0.2, 0.25) is 0 Å². The fraction of sp³-hybridized carbons (Fsp3) is 0.167. The second-order valence-corrected chi connectivity index (χ2v) is 8.46. The molecule has 5 rings (SSSR count). The molecular weight excluding hydrogens is 466 g/mol. The lowest BCUT2D eigenvalue weighted by Crippen LogP contribution is -2.10. The number of aliphatic hydroxyl groups is 1. The van der Waals surface area contributed by atoms with Crippen molar-refractivity contribution in [1.29, 1.82) is 5.26 Å². The van der Waals surface area contributed by atoms with Gasteiger partial charge in [-0.2, -0.15) is 15.5 Å². The third-order valence-electron chi connectivity index (χ3n) is 5.47. The Morgan fingerprint density at radius 2 is 1.94 bits per heavy atom. The van der Waals surface area contributed by atoms with E-state index in [1.54, 1.807) is 36.9 Å². The molecule has 174 valence electrons.